The summed E-state index contributed by atoms with van der Waals surface area (Å²) in [5, 5.41) is 3.61. The third kappa shape index (κ3) is 5.26. The number of likely N-dealkylation sites (N-methyl/N-ethyl adjacent to an activating group) is 1. The van der Waals surface area contributed by atoms with E-state index < -0.39 is 0 Å². The van der Waals surface area contributed by atoms with Crippen molar-refractivity contribution in [1.29, 1.82) is 0 Å². The van der Waals surface area contributed by atoms with E-state index >= 15 is 0 Å². The molecule has 1 unspecified atom stereocenters. The molecule has 2 nitrogen and oxygen atoms in total. The fraction of sp³-hybridized carbons (Fsp3) is 0.667. The van der Waals surface area contributed by atoms with Gasteiger partial charge >= 0.3 is 0 Å². The zero-order valence-electron chi connectivity index (χ0n) is 14.2. The highest BCUT2D eigenvalue weighted by molar-refractivity contribution is 5.28. The molecule has 1 N–H and O–H groups in total. The van der Waals surface area contributed by atoms with E-state index in [0.717, 1.165) is 26.2 Å². The quantitative estimate of drug-likeness (QED) is 0.810. The minimum Gasteiger partial charge on any atom is -0.309 e. The molecule has 0 aromatic heterocycles. The van der Waals surface area contributed by atoms with Gasteiger partial charge in [-0.15, -0.1) is 0 Å². The summed E-state index contributed by atoms with van der Waals surface area (Å²) < 4.78 is 0. The van der Waals surface area contributed by atoms with Gasteiger partial charge in [-0.25, -0.2) is 0 Å². The van der Waals surface area contributed by atoms with Crippen molar-refractivity contribution in [2.45, 2.75) is 53.0 Å². The molecule has 0 bridgehead atoms. The first-order chi connectivity index (χ1) is 9.38. The Morgan fingerprint density at radius 3 is 2.05 bits per heavy atom. The Morgan fingerprint density at radius 2 is 1.60 bits per heavy atom. The number of hydrogen-bond donors (Lipinski definition) is 1. The maximum atomic E-state index is 3.61. The van der Waals surface area contributed by atoms with Crippen molar-refractivity contribution >= 4 is 0 Å². The van der Waals surface area contributed by atoms with Crippen molar-refractivity contribution in [2.24, 2.45) is 0 Å². The van der Waals surface area contributed by atoms with Crippen molar-refractivity contribution in [3.8, 4) is 0 Å². The average Bonchev–Trinajstić information content (AvgIpc) is 2.42. The maximum Gasteiger partial charge on any atom is 0.0292 e. The van der Waals surface area contributed by atoms with Crippen LogP contribution in [-0.4, -0.2) is 31.1 Å². The van der Waals surface area contributed by atoms with Gasteiger partial charge in [0.25, 0.3) is 0 Å². The second-order valence-electron chi connectivity index (χ2n) is 6.57. The fourth-order valence-electron chi connectivity index (χ4n) is 2.37. The van der Waals surface area contributed by atoms with Crippen molar-refractivity contribution in [1.82, 2.24) is 10.2 Å². The van der Waals surface area contributed by atoms with Gasteiger partial charge in [-0.2, -0.15) is 0 Å². The lowest BCUT2D eigenvalue weighted by atomic mass is 9.86. The highest BCUT2D eigenvalue weighted by atomic mass is 15.1. The molecule has 0 saturated heterocycles. The molecule has 2 heteroatoms. The highest BCUT2D eigenvalue weighted by Crippen LogP contribution is 2.23. The maximum absolute atomic E-state index is 3.61. The Kier molecular flexibility index (Phi) is 6.70. The van der Waals surface area contributed by atoms with Crippen molar-refractivity contribution in [3.05, 3.63) is 35.4 Å². The molecule has 1 aromatic rings. The molecule has 0 aliphatic heterocycles. The zero-order chi connectivity index (χ0) is 15.2. The van der Waals surface area contributed by atoms with E-state index in [-0.39, 0.29) is 5.41 Å². The summed E-state index contributed by atoms with van der Waals surface area (Å²) in [6.45, 7) is 17.9. The zero-order valence-corrected chi connectivity index (χ0v) is 14.2. The van der Waals surface area contributed by atoms with Crippen LogP contribution in [0.5, 0.6) is 0 Å². The summed E-state index contributed by atoms with van der Waals surface area (Å²) in [4.78, 5) is 2.45. The highest BCUT2D eigenvalue weighted by Gasteiger charge is 2.13. The van der Waals surface area contributed by atoms with E-state index in [1.807, 2.05) is 0 Å². The minimum absolute atomic E-state index is 0.234. The molecule has 0 fully saturated rings. The van der Waals surface area contributed by atoms with Crippen LogP contribution in [0.2, 0.25) is 0 Å². The second-order valence-corrected chi connectivity index (χ2v) is 6.57. The number of benzene rings is 1. The lowest BCUT2D eigenvalue weighted by Gasteiger charge is -2.22. The Labute approximate surface area is 125 Å². The Hall–Kier alpha value is -0.860. The van der Waals surface area contributed by atoms with Gasteiger partial charge in [0.2, 0.25) is 0 Å². The van der Waals surface area contributed by atoms with Crippen LogP contribution in [0.25, 0.3) is 0 Å². The van der Waals surface area contributed by atoms with Crippen LogP contribution in [-0.2, 0) is 5.41 Å². The number of rotatable bonds is 7. The largest absolute Gasteiger partial charge is 0.309 e. The molecule has 1 rings (SSSR count). The molecule has 114 valence electrons. The van der Waals surface area contributed by atoms with E-state index in [4.69, 9.17) is 0 Å². The van der Waals surface area contributed by atoms with Gasteiger partial charge in [-0.05, 0) is 36.6 Å². The van der Waals surface area contributed by atoms with E-state index in [1.54, 1.807) is 0 Å². The van der Waals surface area contributed by atoms with E-state index in [9.17, 15) is 0 Å². The van der Waals surface area contributed by atoms with Crippen molar-refractivity contribution < 1.29 is 0 Å². The van der Waals surface area contributed by atoms with Crippen LogP contribution in [0.3, 0.4) is 0 Å². The van der Waals surface area contributed by atoms with Crippen LogP contribution in [0, 0.1) is 0 Å². The predicted octanol–water partition coefficient (Wildman–Crippen LogP) is 3.98. The summed E-state index contributed by atoms with van der Waals surface area (Å²) in [7, 11) is 0. The summed E-state index contributed by atoms with van der Waals surface area (Å²) in [5.74, 6) is 0. The first-order valence-electron chi connectivity index (χ1n) is 7.94. The van der Waals surface area contributed by atoms with Crippen LogP contribution < -0.4 is 5.32 Å². The molecular weight excluding hydrogens is 244 g/mol. The Bertz CT molecular complexity index is 371. The number of nitrogens with zero attached hydrogens (tertiary/aromatic N) is 1. The van der Waals surface area contributed by atoms with Crippen LogP contribution >= 0.6 is 0 Å². The van der Waals surface area contributed by atoms with E-state index in [2.05, 4.69) is 76.0 Å². The smallest absolute Gasteiger partial charge is 0.0292 e. The van der Waals surface area contributed by atoms with Crippen LogP contribution in [0.4, 0.5) is 0 Å². The minimum atomic E-state index is 0.234. The van der Waals surface area contributed by atoms with Gasteiger partial charge in [-0.3, -0.25) is 0 Å². The fourth-order valence-corrected chi connectivity index (χ4v) is 2.37. The summed E-state index contributed by atoms with van der Waals surface area (Å²) in [6, 6.07) is 9.46. The normalized spacial score (nSPS) is 13.8. The van der Waals surface area contributed by atoms with Crippen molar-refractivity contribution in [2.75, 3.05) is 26.2 Å². The third-order valence-electron chi connectivity index (χ3n) is 4.05. The van der Waals surface area contributed by atoms with Crippen LogP contribution in [0.15, 0.2) is 24.3 Å². The van der Waals surface area contributed by atoms with Gasteiger partial charge in [0.05, 0.1) is 0 Å². The molecule has 1 atom stereocenters. The van der Waals surface area contributed by atoms with Crippen molar-refractivity contribution in [3.63, 3.8) is 0 Å². The number of hydrogen-bond acceptors (Lipinski definition) is 2. The standard InChI is InChI=1S/C18H32N2/c1-7-20(8-2)14-13-19-15(3)16-9-11-17(12-10-16)18(4,5)6/h9-12,15,19H,7-8,13-14H2,1-6H3. The van der Waals surface area contributed by atoms with Gasteiger partial charge in [0.15, 0.2) is 0 Å². The SMILES string of the molecule is CCN(CC)CCNC(C)c1ccc(C(C)(C)C)cc1. The van der Waals surface area contributed by atoms with Gasteiger partial charge in [0, 0.05) is 19.1 Å². The summed E-state index contributed by atoms with van der Waals surface area (Å²) in [5.41, 5.74) is 3.01. The van der Waals surface area contributed by atoms with Gasteiger partial charge in [-0.1, -0.05) is 58.9 Å². The Balaban J connectivity index is 2.49. The molecule has 0 saturated carbocycles. The molecule has 20 heavy (non-hydrogen) atoms. The topological polar surface area (TPSA) is 15.3 Å². The number of nitrogens with one attached hydrogen (secondary N) is 1. The molecule has 0 amide bonds. The first kappa shape index (κ1) is 17.2. The lowest BCUT2D eigenvalue weighted by Crippen LogP contribution is -2.33. The summed E-state index contributed by atoms with van der Waals surface area (Å²) in [6.07, 6.45) is 0. The molecule has 0 aliphatic carbocycles. The predicted molar refractivity (Wildman–Crippen MR) is 89.3 cm³/mol. The molecule has 1 aromatic carbocycles. The second kappa shape index (κ2) is 7.80. The molecular formula is C18H32N2. The Morgan fingerprint density at radius 1 is 1.05 bits per heavy atom. The molecule has 0 aliphatic rings. The van der Waals surface area contributed by atoms with Gasteiger partial charge in [0.1, 0.15) is 0 Å². The monoisotopic (exact) mass is 276 g/mol. The summed E-state index contributed by atoms with van der Waals surface area (Å²) >= 11 is 0. The lowest BCUT2D eigenvalue weighted by molar-refractivity contribution is 0.298. The molecule has 0 heterocycles. The third-order valence-corrected chi connectivity index (χ3v) is 4.05. The molecule has 0 spiro atoms. The van der Waals surface area contributed by atoms with E-state index in [0.29, 0.717) is 6.04 Å². The molecule has 0 radical (unpaired) electrons. The van der Waals surface area contributed by atoms with E-state index in [1.165, 1.54) is 11.1 Å². The van der Waals surface area contributed by atoms with Gasteiger partial charge < -0.3 is 10.2 Å². The average molecular weight is 276 g/mol. The first-order valence-corrected chi connectivity index (χ1v) is 7.94. The van der Waals surface area contributed by atoms with Crippen LogP contribution in [0.1, 0.15) is 58.7 Å².